The molecule has 0 aliphatic carbocycles. The third-order valence-electron chi connectivity index (χ3n) is 4.14. The minimum atomic E-state index is 0.171. The van der Waals surface area contributed by atoms with Crippen molar-refractivity contribution in [2.75, 3.05) is 0 Å². The first kappa shape index (κ1) is 15.8. The van der Waals surface area contributed by atoms with Crippen molar-refractivity contribution in [2.24, 2.45) is 5.73 Å². The van der Waals surface area contributed by atoms with Crippen LogP contribution in [0.2, 0.25) is 5.02 Å². The standard InChI is InChI=1S/C19H21ClN2O/c1-11(2)16-9-14(13-4-6-15(20)7-5-13)10-17-12(3)8-18(21)22-23-19(16)17/h4-12,22H,21H2,1-3H3. The van der Waals surface area contributed by atoms with Gasteiger partial charge in [0, 0.05) is 22.1 Å². The number of hydrogen-bond donors (Lipinski definition) is 2. The summed E-state index contributed by atoms with van der Waals surface area (Å²) in [5.74, 6) is 1.92. The van der Waals surface area contributed by atoms with Gasteiger partial charge in [-0.25, -0.2) is 5.48 Å². The summed E-state index contributed by atoms with van der Waals surface area (Å²) >= 11 is 6.01. The predicted octanol–water partition coefficient (Wildman–Crippen LogP) is 4.93. The lowest BCUT2D eigenvalue weighted by atomic mass is 9.89. The number of allylic oxidation sites excluding steroid dienone is 1. The van der Waals surface area contributed by atoms with Gasteiger partial charge in [0.1, 0.15) is 5.82 Å². The Kier molecular flexibility index (Phi) is 4.22. The van der Waals surface area contributed by atoms with Crippen LogP contribution in [0.1, 0.15) is 43.7 Å². The van der Waals surface area contributed by atoms with Gasteiger partial charge in [0.15, 0.2) is 5.75 Å². The van der Waals surface area contributed by atoms with E-state index in [-0.39, 0.29) is 5.92 Å². The maximum absolute atomic E-state index is 6.01. The molecule has 0 saturated carbocycles. The predicted molar refractivity (Wildman–Crippen MR) is 95.4 cm³/mol. The van der Waals surface area contributed by atoms with E-state index in [9.17, 15) is 0 Å². The van der Waals surface area contributed by atoms with Crippen molar-refractivity contribution in [3.8, 4) is 16.9 Å². The molecule has 1 atom stereocenters. The van der Waals surface area contributed by atoms with Crippen molar-refractivity contribution in [1.29, 1.82) is 0 Å². The van der Waals surface area contributed by atoms with E-state index in [0.29, 0.717) is 11.7 Å². The Labute approximate surface area is 142 Å². The number of nitrogens with one attached hydrogen (secondary N) is 1. The van der Waals surface area contributed by atoms with E-state index >= 15 is 0 Å². The Hall–Kier alpha value is -2.13. The van der Waals surface area contributed by atoms with Gasteiger partial charge in [0.2, 0.25) is 0 Å². The van der Waals surface area contributed by atoms with Crippen LogP contribution in [-0.2, 0) is 0 Å². The van der Waals surface area contributed by atoms with Crippen molar-refractivity contribution in [1.82, 2.24) is 5.48 Å². The SMILES string of the molecule is CC(C)c1cc(-c2ccc(Cl)cc2)cc2c1ONC(N)=CC2C. The average Bonchev–Trinajstić information content (AvgIpc) is 2.66. The topological polar surface area (TPSA) is 47.3 Å². The minimum absolute atomic E-state index is 0.171. The molecule has 2 aromatic rings. The zero-order valence-corrected chi connectivity index (χ0v) is 14.3. The molecule has 1 unspecified atom stereocenters. The highest BCUT2D eigenvalue weighted by atomic mass is 35.5. The van der Waals surface area contributed by atoms with E-state index in [4.69, 9.17) is 22.2 Å². The third kappa shape index (κ3) is 3.15. The number of fused-ring (bicyclic) bond motifs is 1. The molecular formula is C19H21ClN2O. The minimum Gasteiger partial charge on any atom is -0.383 e. The lowest BCUT2D eigenvalue weighted by Gasteiger charge is -2.19. The number of halogens is 1. The lowest BCUT2D eigenvalue weighted by Crippen LogP contribution is -2.23. The first-order valence-corrected chi connectivity index (χ1v) is 8.17. The van der Waals surface area contributed by atoms with Crippen LogP contribution >= 0.6 is 11.6 Å². The van der Waals surface area contributed by atoms with Crippen LogP contribution in [0.25, 0.3) is 11.1 Å². The molecule has 1 aliphatic heterocycles. The molecule has 0 aromatic heterocycles. The van der Waals surface area contributed by atoms with E-state index in [0.717, 1.165) is 33.0 Å². The molecule has 3 N–H and O–H groups in total. The Bertz CT molecular complexity index is 751. The van der Waals surface area contributed by atoms with Crippen LogP contribution in [-0.4, -0.2) is 0 Å². The molecule has 4 heteroatoms. The summed E-state index contributed by atoms with van der Waals surface area (Å²) in [6.45, 7) is 6.45. The normalized spacial score (nSPS) is 16.9. The summed E-state index contributed by atoms with van der Waals surface area (Å²) in [4.78, 5) is 5.77. The molecule has 0 bridgehead atoms. The Morgan fingerprint density at radius 1 is 1.13 bits per heavy atom. The number of rotatable bonds is 2. The Morgan fingerprint density at radius 2 is 1.83 bits per heavy atom. The first-order valence-electron chi connectivity index (χ1n) is 7.79. The van der Waals surface area contributed by atoms with Gasteiger partial charge in [0.05, 0.1) is 0 Å². The quantitative estimate of drug-likeness (QED) is 0.821. The van der Waals surface area contributed by atoms with Gasteiger partial charge >= 0.3 is 0 Å². The van der Waals surface area contributed by atoms with Gasteiger partial charge in [-0.15, -0.1) is 0 Å². The van der Waals surface area contributed by atoms with Crippen molar-refractivity contribution in [3.63, 3.8) is 0 Å². The zero-order valence-electron chi connectivity index (χ0n) is 13.6. The van der Waals surface area contributed by atoms with Gasteiger partial charge in [-0.05, 0) is 47.4 Å². The second kappa shape index (κ2) is 6.17. The van der Waals surface area contributed by atoms with Crippen molar-refractivity contribution < 1.29 is 4.84 Å². The van der Waals surface area contributed by atoms with E-state index in [1.54, 1.807) is 0 Å². The molecule has 3 nitrogen and oxygen atoms in total. The van der Waals surface area contributed by atoms with Crippen LogP contribution in [0.5, 0.6) is 5.75 Å². The summed E-state index contributed by atoms with van der Waals surface area (Å²) < 4.78 is 0. The van der Waals surface area contributed by atoms with Crippen molar-refractivity contribution in [3.05, 3.63) is 64.4 Å². The number of benzene rings is 2. The maximum Gasteiger partial charge on any atom is 0.162 e. The molecule has 0 fully saturated rings. The summed E-state index contributed by atoms with van der Waals surface area (Å²) in [5.41, 5.74) is 13.3. The highest BCUT2D eigenvalue weighted by molar-refractivity contribution is 6.30. The molecule has 0 saturated heterocycles. The summed E-state index contributed by atoms with van der Waals surface area (Å²) in [5, 5.41) is 0.740. The Balaban J connectivity index is 2.18. The fourth-order valence-corrected chi connectivity index (χ4v) is 3.00. The van der Waals surface area contributed by atoms with Gasteiger partial charge in [-0.3, -0.25) is 0 Å². The van der Waals surface area contributed by atoms with Crippen LogP contribution in [0.4, 0.5) is 0 Å². The maximum atomic E-state index is 6.01. The van der Waals surface area contributed by atoms with Crippen molar-refractivity contribution >= 4 is 11.6 Å². The second-order valence-corrected chi connectivity index (χ2v) is 6.70. The summed E-state index contributed by atoms with van der Waals surface area (Å²) in [6.07, 6.45) is 1.97. The fourth-order valence-electron chi connectivity index (χ4n) is 2.87. The Morgan fingerprint density at radius 3 is 2.48 bits per heavy atom. The largest absolute Gasteiger partial charge is 0.383 e. The lowest BCUT2D eigenvalue weighted by molar-refractivity contribution is 0.225. The highest BCUT2D eigenvalue weighted by Crippen LogP contribution is 2.40. The van der Waals surface area contributed by atoms with Gasteiger partial charge in [0.25, 0.3) is 0 Å². The van der Waals surface area contributed by atoms with Crippen LogP contribution in [0, 0.1) is 0 Å². The summed E-state index contributed by atoms with van der Waals surface area (Å²) in [7, 11) is 0. The van der Waals surface area contributed by atoms with E-state index < -0.39 is 0 Å². The third-order valence-corrected chi connectivity index (χ3v) is 4.39. The molecule has 0 radical (unpaired) electrons. The van der Waals surface area contributed by atoms with Crippen LogP contribution in [0.15, 0.2) is 48.3 Å². The first-order chi connectivity index (χ1) is 11.0. The second-order valence-electron chi connectivity index (χ2n) is 6.26. The summed E-state index contributed by atoms with van der Waals surface area (Å²) in [6, 6.07) is 12.3. The number of hydrogen-bond acceptors (Lipinski definition) is 3. The van der Waals surface area contributed by atoms with Gasteiger partial charge < -0.3 is 10.6 Å². The molecule has 0 spiro atoms. The molecule has 3 rings (SSSR count). The monoisotopic (exact) mass is 328 g/mol. The molecule has 120 valence electrons. The molecule has 1 aliphatic rings. The average molecular weight is 329 g/mol. The van der Waals surface area contributed by atoms with Gasteiger partial charge in [-0.2, -0.15) is 0 Å². The highest BCUT2D eigenvalue weighted by Gasteiger charge is 2.22. The molecule has 23 heavy (non-hydrogen) atoms. The van der Waals surface area contributed by atoms with Crippen LogP contribution < -0.4 is 16.1 Å². The van der Waals surface area contributed by atoms with Gasteiger partial charge in [-0.1, -0.05) is 44.5 Å². The van der Waals surface area contributed by atoms with E-state index in [1.165, 1.54) is 0 Å². The molecule has 0 amide bonds. The fraction of sp³-hybridized carbons (Fsp3) is 0.263. The molecular weight excluding hydrogens is 308 g/mol. The molecule has 2 aromatic carbocycles. The number of hydroxylamine groups is 1. The smallest absolute Gasteiger partial charge is 0.162 e. The van der Waals surface area contributed by atoms with Crippen molar-refractivity contribution in [2.45, 2.75) is 32.6 Å². The number of nitrogens with two attached hydrogens (primary N) is 1. The van der Waals surface area contributed by atoms with Crippen LogP contribution in [0.3, 0.4) is 0 Å². The van der Waals surface area contributed by atoms with E-state index in [1.807, 2.05) is 30.3 Å². The van der Waals surface area contributed by atoms with E-state index in [2.05, 4.69) is 38.4 Å². The molecule has 1 heterocycles. The zero-order chi connectivity index (χ0) is 16.6.